The van der Waals surface area contributed by atoms with Gasteiger partial charge in [0.25, 0.3) is 0 Å². The summed E-state index contributed by atoms with van der Waals surface area (Å²) in [5.74, 6) is 0. The summed E-state index contributed by atoms with van der Waals surface area (Å²) in [6.07, 6.45) is 13.1. The van der Waals surface area contributed by atoms with E-state index >= 15 is 0 Å². The van der Waals surface area contributed by atoms with Gasteiger partial charge in [-0.05, 0) is 69.1 Å². The number of aromatic nitrogens is 2. The third kappa shape index (κ3) is 3.17. The molecule has 0 radical (unpaired) electrons. The van der Waals surface area contributed by atoms with Gasteiger partial charge < -0.3 is 9.13 Å². The molecule has 0 unspecified atom stereocenters. The molecule has 146 valence electrons. The Morgan fingerprint density at radius 1 is 0.467 bits per heavy atom. The molecule has 0 atom stereocenters. The van der Waals surface area contributed by atoms with Crippen molar-refractivity contribution in [3.8, 4) is 0 Å². The van der Waals surface area contributed by atoms with Gasteiger partial charge in [0.1, 0.15) is 0 Å². The molecule has 3 aromatic carbocycles. The van der Waals surface area contributed by atoms with E-state index in [0.717, 1.165) is 0 Å². The van der Waals surface area contributed by atoms with Crippen molar-refractivity contribution in [3.63, 3.8) is 0 Å². The SMILES string of the molecule is Cn1cccc1/C=C/c1c2ccccc2c(/C=C/c2cccn2C)c2ccccc12. The van der Waals surface area contributed by atoms with Crippen LogP contribution in [0.3, 0.4) is 0 Å². The van der Waals surface area contributed by atoms with E-state index in [2.05, 4.69) is 133 Å². The van der Waals surface area contributed by atoms with E-state index < -0.39 is 0 Å². The van der Waals surface area contributed by atoms with E-state index in [1.807, 2.05) is 0 Å². The molecule has 5 aromatic rings. The standard InChI is InChI=1S/C28H24N2/c1-29-19-7-9-21(29)15-17-27-23-11-3-5-13-25(23)28(26-14-6-4-12-24(26)27)18-16-22-10-8-20-30(22)2/h3-20H,1-2H3/b17-15+,18-16+. The molecule has 0 fully saturated rings. The lowest BCUT2D eigenvalue weighted by atomic mass is 9.91. The first-order valence-corrected chi connectivity index (χ1v) is 10.2. The fourth-order valence-corrected chi connectivity index (χ4v) is 4.19. The van der Waals surface area contributed by atoms with Gasteiger partial charge in [-0.2, -0.15) is 0 Å². The van der Waals surface area contributed by atoms with Crippen molar-refractivity contribution in [3.05, 3.63) is 108 Å². The number of nitrogens with zero attached hydrogens (tertiary/aromatic N) is 2. The number of hydrogen-bond acceptors (Lipinski definition) is 0. The molecule has 0 aliphatic heterocycles. The number of fused-ring (bicyclic) bond motifs is 2. The van der Waals surface area contributed by atoms with Gasteiger partial charge >= 0.3 is 0 Å². The molecule has 2 heterocycles. The Balaban J connectivity index is 1.76. The monoisotopic (exact) mass is 388 g/mol. The van der Waals surface area contributed by atoms with Crippen molar-refractivity contribution >= 4 is 45.8 Å². The van der Waals surface area contributed by atoms with Gasteiger partial charge in [0.15, 0.2) is 0 Å². The van der Waals surface area contributed by atoms with E-state index in [9.17, 15) is 0 Å². The molecule has 0 amide bonds. The molecule has 0 aliphatic rings. The van der Waals surface area contributed by atoms with Crippen molar-refractivity contribution < 1.29 is 0 Å². The first-order valence-electron chi connectivity index (χ1n) is 10.2. The fourth-order valence-electron chi connectivity index (χ4n) is 4.19. The molecular formula is C28H24N2. The molecule has 2 nitrogen and oxygen atoms in total. The van der Waals surface area contributed by atoms with Gasteiger partial charge in [0.2, 0.25) is 0 Å². The molecule has 30 heavy (non-hydrogen) atoms. The third-order valence-electron chi connectivity index (χ3n) is 5.82. The minimum Gasteiger partial charge on any atom is -0.351 e. The number of rotatable bonds is 4. The molecule has 5 rings (SSSR count). The average molecular weight is 389 g/mol. The highest BCUT2D eigenvalue weighted by atomic mass is 14.9. The summed E-state index contributed by atoms with van der Waals surface area (Å²) in [6.45, 7) is 0. The Kier molecular flexibility index (Phi) is 4.61. The van der Waals surface area contributed by atoms with Crippen LogP contribution < -0.4 is 0 Å². The van der Waals surface area contributed by atoms with Crippen LogP contribution in [-0.2, 0) is 14.1 Å². The van der Waals surface area contributed by atoms with Gasteiger partial charge in [-0.15, -0.1) is 0 Å². The fraction of sp³-hybridized carbons (Fsp3) is 0.0714. The lowest BCUT2D eigenvalue weighted by Gasteiger charge is -2.13. The minimum atomic E-state index is 1.19. The average Bonchev–Trinajstić information content (AvgIpc) is 3.38. The highest BCUT2D eigenvalue weighted by Crippen LogP contribution is 2.35. The van der Waals surface area contributed by atoms with Crippen LogP contribution in [0.25, 0.3) is 45.8 Å². The van der Waals surface area contributed by atoms with Crippen LogP contribution in [0.4, 0.5) is 0 Å². The van der Waals surface area contributed by atoms with Gasteiger partial charge in [-0.25, -0.2) is 0 Å². The van der Waals surface area contributed by atoms with Crippen LogP contribution in [0, 0.1) is 0 Å². The molecule has 0 saturated carbocycles. The summed E-state index contributed by atoms with van der Waals surface area (Å²) >= 11 is 0. The van der Waals surface area contributed by atoms with Crippen LogP contribution >= 0.6 is 0 Å². The maximum atomic E-state index is 2.25. The summed E-state index contributed by atoms with van der Waals surface area (Å²) in [7, 11) is 4.15. The predicted octanol–water partition coefficient (Wildman–Crippen LogP) is 7.01. The maximum absolute atomic E-state index is 2.25. The van der Waals surface area contributed by atoms with Crippen LogP contribution in [-0.4, -0.2) is 9.13 Å². The predicted molar refractivity (Wildman–Crippen MR) is 130 cm³/mol. The van der Waals surface area contributed by atoms with Crippen LogP contribution in [0.2, 0.25) is 0 Å². The first-order chi connectivity index (χ1) is 14.7. The van der Waals surface area contributed by atoms with E-state index in [1.165, 1.54) is 44.1 Å². The number of benzene rings is 3. The lowest BCUT2D eigenvalue weighted by molar-refractivity contribution is 0.915. The number of hydrogen-bond donors (Lipinski definition) is 0. The highest BCUT2D eigenvalue weighted by Gasteiger charge is 2.10. The van der Waals surface area contributed by atoms with Crippen molar-refractivity contribution in [2.75, 3.05) is 0 Å². The summed E-state index contributed by atoms with van der Waals surface area (Å²) in [5, 5.41) is 5.09. The van der Waals surface area contributed by atoms with Crippen LogP contribution in [0.15, 0.2) is 85.2 Å². The quantitative estimate of drug-likeness (QED) is 0.293. The van der Waals surface area contributed by atoms with E-state index in [-0.39, 0.29) is 0 Å². The molecule has 0 saturated heterocycles. The summed E-state index contributed by atoms with van der Waals surface area (Å²) in [5.41, 5.74) is 4.91. The molecule has 2 aromatic heterocycles. The van der Waals surface area contributed by atoms with Gasteiger partial charge in [-0.1, -0.05) is 60.7 Å². The molecule has 0 N–H and O–H groups in total. The Bertz CT molecular complexity index is 1240. The lowest BCUT2D eigenvalue weighted by Crippen LogP contribution is -1.90. The number of aryl methyl sites for hydroxylation is 2. The maximum Gasteiger partial charge on any atom is 0.0404 e. The normalized spacial score (nSPS) is 12.1. The zero-order valence-electron chi connectivity index (χ0n) is 17.3. The Labute approximate surface area is 177 Å². The second-order valence-electron chi connectivity index (χ2n) is 7.67. The topological polar surface area (TPSA) is 9.86 Å². The van der Waals surface area contributed by atoms with Crippen LogP contribution in [0.1, 0.15) is 22.5 Å². The summed E-state index contributed by atoms with van der Waals surface area (Å²) in [4.78, 5) is 0. The molecule has 2 heteroatoms. The molecular weight excluding hydrogens is 364 g/mol. The third-order valence-corrected chi connectivity index (χ3v) is 5.82. The van der Waals surface area contributed by atoms with Gasteiger partial charge in [-0.3, -0.25) is 0 Å². The van der Waals surface area contributed by atoms with Crippen LogP contribution in [0.5, 0.6) is 0 Å². The van der Waals surface area contributed by atoms with Gasteiger partial charge in [0, 0.05) is 37.9 Å². The van der Waals surface area contributed by atoms with E-state index in [4.69, 9.17) is 0 Å². The van der Waals surface area contributed by atoms with Crippen molar-refractivity contribution in [2.45, 2.75) is 0 Å². The first kappa shape index (κ1) is 18.3. The highest BCUT2D eigenvalue weighted by molar-refractivity contribution is 6.14. The van der Waals surface area contributed by atoms with Crippen molar-refractivity contribution in [1.82, 2.24) is 9.13 Å². The zero-order valence-corrected chi connectivity index (χ0v) is 17.3. The second-order valence-corrected chi connectivity index (χ2v) is 7.67. The molecule has 0 bridgehead atoms. The second kappa shape index (κ2) is 7.57. The minimum absolute atomic E-state index is 1.19. The Morgan fingerprint density at radius 2 is 0.833 bits per heavy atom. The summed E-state index contributed by atoms with van der Waals surface area (Å²) in [6, 6.07) is 25.8. The zero-order chi connectivity index (χ0) is 20.5. The van der Waals surface area contributed by atoms with Crippen molar-refractivity contribution in [1.29, 1.82) is 0 Å². The van der Waals surface area contributed by atoms with Crippen molar-refractivity contribution in [2.24, 2.45) is 14.1 Å². The van der Waals surface area contributed by atoms with E-state index in [0.29, 0.717) is 0 Å². The summed E-state index contributed by atoms with van der Waals surface area (Å²) < 4.78 is 4.27. The Morgan fingerprint density at radius 3 is 1.13 bits per heavy atom. The van der Waals surface area contributed by atoms with E-state index in [1.54, 1.807) is 0 Å². The smallest absolute Gasteiger partial charge is 0.0404 e. The molecule has 0 spiro atoms. The molecule has 0 aliphatic carbocycles. The Hall–Kier alpha value is -3.78. The largest absolute Gasteiger partial charge is 0.351 e. The van der Waals surface area contributed by atoms with Gasteiger partial charge in [0.05, 0.1) is 0 Å².